The molecule has 0 radical (unpaired) electrons. The smallest absolute Gasteiger partial charge is 0.125 e. The minimum absolute atomic E-state index is 0.165. The van der Waals surface area contributed by atoms with Crippen LogP contribution in [0.1, 0.15) is 30.7 Å². The van der Waals surface area contributed by atoms with Crippen molar-refractivity contribution in [1.29, 1.82) is 5.26 Å². The van der Waals surface area contributed by atoms with Crippen molar-refractivity contribution in [2.75, 3.05) is 5.32 Å². The first-order valence-electron chi connectivity index (χ1n) is 5.63. The van der Waals surface area contributed by atoms with Gasteiger partial charge in [-0.2, -0.15) is 5.26 Å². The fourth-order valence-corrected chi connectivity index (χ4v) is 1.71. The molecule has 0 aliphatic carbocycles. The molecule has 1 N–H and O–H groups in total. The molecule has 1 unspecified atom stereocenters. The maximum absolute atomic E-state index is 8.72. The number of anilines is 1. The molecule has 1 aromatic heterocycles. The van der Waals surface area contributed by atoms with E-state index in [9.17, 15) is 0 Å². The maximum Gasteiger partial charge on any atom is 0.125 e. The number of furan rings is 1. The molecule has 2 aromatic rings. The molecule has 1 aromatic carbocycles. The summed E-state index contributed by atoms with van der Waals surface area (Å²) in [5, 5.41) is 12.1. The van der Waals surface area contributed by atoms with Gasteiger partial charge in [-0.05, 0) is 42.8 Å². The van der Waals surface area contributed by atoms with Gasteiger partial charge in [0.1, 0.15) is 5.76 Å². The van der Waals surface area contributed by atoms with Crippen molar-refractivity contribution < 1.29 is 4.42 Å². The van der Waals surface area contributed by atoms with E-state index in [2.05, 4.69) is 18.3 Å². The molecule has 0 aliphatic heterocycles. The number of rotatable bonds is 4. The number of nitrogens with zero attached hydrogens (tertiary/aromatic N) is 1. The van der Waals surface area contributed by atoms with E-state index in [-0.39, 0.29) is 6.04 Å². The summed E-state index contributed by atoms with van der Waals surface area (Å²) in [6.07, 6.45) is 2.62. The summed E-state index contributed by atoms with van der Waals surface area (Å²) < 4.78 is 5.39. The lowest BCUT2D eigenvalue weighted by atomic mass is 10.1. The Kier molecular flexibility index (Phi) is 3.46. The van der Waals surface area contributed by atoms with Gasteiger partial charge in [0.25, 0.3) is 0 Å². The van der Waals surface area contributed by atoms with E-state index in [1.165, 1.54) is 0 Å². The van der Waals surface area contributed by atoms with Crippen molar-refractivity contribution in [1.82, 2.24) is 0 Å². The molecular weight excluding hydrogens is 212 g/mol. The Morgan fingerprint density at radius 1 is 1.29 bits per heavy atom. The van der Waals surface area contributed by atoms with Crippen LogP contribution in [0.3, 0.4) is 0 Å². The third kappa shape index (κ3) is 2.67. The van der Waals surface area contributed by atoms with E-state index < -0.39 is 0 Å². The van der Waals surface area contributed by atoms with Crippen LogP contribution in [0.5, 0.6) is 0 Å². The van der Waals surface area contributed by atoms with Crippen LogP contribution in [-0.4, -0.2) is 0 Å². The normalized spacial score (nSPS) is 11.8. The summed E-state index contributed by atoms with van der Waals surface area (Å²) in [7, 11) is 0. The van der Waals surface area contributed by atoms with Gasteiger partial charge in [0.05, 0.1) is 23.9 Å². The Labute approximate surface area is 101 Å². The number of nitriles is 1. The van der Waals surface area contributed by atoms with Crippen molar-refractivity contribution in [3.05, 3.63) is 54.0 Å². The van der Waals surface area contributed by atoms with Gasteiger partial charge in [-0.1, -0.05) is 6.92 Å². The summed E-state index contributed by atoms with van der Waals surface area (Å²) in [6, 6.07) is 13.5. The Hall–Kier alpha value is -2.21. The average Bonchev–Trinajstić information content (AvgIpc) is 2.90. The fraction of sp³-hybridized carbons (Fsp3) is 0.214. The highest BCUT2D eigenvalue weighted by Gasteiger charge is 2.11. The van der Waals surface area contributed by atoms with E-state index in [4.69, 9.17) is 9.68 Å². The van der Waals surface area contributed by atoms with Gasteiger partial charge in [0.2, 0.25) is 0 Å². The van der Waals surface area contributed by atoms with Crippen LogP contribution >= 0.6 is 0 Å². The molecule has 1 heterocycles. The third-order valence-corrected chi connectivity index (χ3v) is 2.65. The fourth-order valence-electron chi connectivity index (χ4n) is 1.71. The highest BCUT2D eigenvalue weighted by atomic mass is 16.3. The molecule has 0 fully saturated rings. The zero-order valence-electron chi connectivity index (χ0n) is 9.68. The standard InChI is InChI=1S/C14H14N2O/c1-2-13(14-4-3-9-17-14)16-12-7-5-11(10-15)6-8-12/h3-9,13,16H,2H2,1H3. The lowest BCUT2D eigenvalue weighted by molar-refractivity contribution is 0.474. The minimum atomic E-state index is 0.165. The summed E-state index contributed by atoms with van der Waals surface area (Å²) in [4.78, 5) is 0. The second-order valence-electron chi connectivity index (χ2n) is 3.81. The number of hydrogen-bond donors (Lipinski definition) is 1. The number of hydrogen-bond acceptors (Lipinski definition) is 3. The van der Waals surface area contributed by atoms with E-state index in [0.29, 0.717) is 5.56 Å². The first kappa shape index (κ1) is 11.3. The van der Waals surface area contributed by atoms with Crippen LogP contribution in [0.4, 0.5) is 5.69 Å². The molecule has 0 spiro atoms. The molecule has 2 rings (SSSR count). The lowest BCUT2D eigenvalue weighted by Gasteiger charge is -2.15. The van der Waals surface area contributed by atoms with Crippen molar-refractivity contribution in [3.63, 3.8) is 0 Å². The van der Waals surface area contributed by atoms with Crippen molar-refractivity contribution >= 4 is 5.69 Å². The summed E-state index contributed by atoms with van der Waals surface area (Å²) in [5.74, 6) is 0.928. The Balaban J connectivity index is 2.11. The third-order valence-electron chi connectivity index (χ3n) is 2.65. The maximum atomic E-state index is 8.72. The van der Waals surface area contributed by atoms with Crippen LogP contribution < -0.4 is 5.32 Å². The SMILES string of the molecule is CCC(Nc1ccc(C#N)cc1)c1ccco1. The molecule has 17 heavy (non-hydrogen) atoms. The van der Waals surface area contributed by atoms with Crippen molar-refractivity contribution in [2.45, 2.75) is 19.4 Å². The van der Waals surface area contributed by atoms with E-state index in [0.717, 1.165) is 17.9 Å². The highest BCUT2D eigenvalue weighted by Crippen LogP contribution is 2.22. The first-order valence-corrected chi connectivity index (χ1v) is 5.63. The Morgan fingerprint density at radius 3 is 2.59 bits per heavy atom. The van der Waals surface area contributed by atoms with E-state index in [1.807, 2.05) is 24.3 Å². The highest BCUT2D eigenvalue weighted by molar-refractivity contribution is 5.48. The second-order valence-corrected chi connectivity index (χ2v) is 3.81. The van der Waals surface area contributed by atoms with E-state index >= 15 is 0 Å². The van der Waals surface area contributed by atoms with Gasteiger partial charge < -0.3 is 9.73 Å². The van der Waals surface area contributed by atoms with E-state index in [1.54, 1.807) is 18.4 Å². The van der Waals surface area contributed by atoms with Crippen LogP contribution in [0.2, 0.25) is 0 Å². The molecule has 1 atom stereocenters. The summed E-state index contributed by atoms with van der Waals surface area (Å²) in [5.41, 5.74) is 1.66. The van der Waals surface area contributed by atoms with Crippen LogP contribution in [0.15, 0.2) is 47.1 Å². The Bertz CT molecular complexity index is 494. The van der Waals surface area contributed by atoms with Crippen molar-refractivity contribution in [3.8, 4) is 6.07 Å². The molecular formula is C14H14N2O. The number of benzene rings is 1. The number of nitrogens with one attached hydrogen (secondary N) is 1. The predicted molar refractivity (Wildman–Crippen MR) is 66.5 cm³/mol. The first-order chi connectivity index (χ1) is 8.33. The van der Waals surface area contributed by atoms with Crippen molar-refractivity contribution in [2.24, 2.45) is 0 Å². The molecule has 0 saturated carbocycles. The zero-order valence-corrected chi connectivity index (χ0v) is 9.68. The monoisotopic (exact) mass is 226 g/mol. The molecule has 86 valence electrons. The zero-order chi connectivity index (χ0) is 12.1. The molecule has 0 saturated heterocycles. The van der Waals surface area contributed by atoms with Gasteiger partial charge >= 0.3 is 0 Å². The molecule has 0 aliphatic rings. The topological polar surface area (TPSA) is 49.0 Å². The minimum Gasteiger partial charge on any atom is -0.467 e. The molecule has 0 amide bonds. The molecule has 3 heteroatoms. The van der Waals surface area contributed by atoms with Crippen LogP contribution in [-0.2, 0) is 0 Å². The van der Waals surface area contributed by atoms with Crippen LogP contribution in [0.25, 0.3) is 0 Å². The summed E-state index contributed by atoms with van der Waals surface area (Å²) in [6.45, 7) is 2.10. The van der Waals surface area contributed by atoms with Gasteiger partial charge in [0.15, 0.2) is 0 Å². The largest absolute Gasteiger partial charge is 0.467 e. The average molecular weight is 226 g/mol. The predicted octanol–water partition coefficient (Wildman–Crippen LogP) is 3.71. The van der Waals surface area contributed by atoms with Gasteiger partial charge in [-0.25, -0.2) is 0 Å². The summed E-state index contributed by atoms with van der Waals surface area (Å²) >= 11 is 0. The van der Waals surface area contributed by atoms with Gasteiger partial charge in [-0.3, -0.25) is 0 Å². The second kappa shape index (κ2) is 5.22. The van der Waals surface area contributed by atoms with Gasteiger partial charge in [0, 0.05) is 5.69 Å². The lowest BCUT2D eigenvalue weighted by Crippen LogP contribution is -2.08. The molecule has 3 nitrogen and oxygen atoms in total. The van der Waals surface area contributed by atoms with Gasteiger partial charge in [-0.15, -0.1) is 0 Å². The quantitative estimate of drug-likeness (QED) is 0.864. The molecule has 0 bridgehead atoms. The van der Waals surface area contributed by atoms with Crippen LogP contribution in [0, 0.1) is 11.3 Å². The Morgan fingerprint density at radius 2 is 2.06 bits per heavy atom.